The smallest absolute Gasteiger partial charge is 0.205 e. The number of hydrogen-bond acceptors (Lipinski definition) is 2. The van der Waals surface area contributed by atoms with Crippen LogP contribution in [0.2, 0.25) is 13.1 Å². The fourth-order valence-corrected chi connectivity index (χ4v) is 3.27. The van der Waals surface area contributed by atoms with Crippen LogP contribution in [0.1, 0.15) is 32.4 Å². The van der Waals surface area contributed by atoms with Crippen LogP contribution in [-0.2, 0) is 4.43 Å². The minimum Gasteiger partial charge on any atom is -0.410 e. The molecule has 1 aromatic carbocycles. The van der Waals surface area contributed by atoms with Gasteiger partial charge in [0.25, 0.3) is 0 Å². The van der Waals surface area contributed by atoms with Gasteiger partial charge >= 0.3 is 0 Å². The molecule has 1 atom stereocenters. The van der Waals surface area contributed by atoms with Crippen LogP contribution in [0.4, 0.5) is 5.69 Å². The van der Waals surface area contributed by atoms with Gasteiger partial charge in [0.05, 0.1) is 6.10 Å². The van der Waals surface area contributed by atoms with Gasteiger partial charge in [-0.05, 0) is 30.6 Å². The maximum Gasteiger partial charge on any atom is 0.205 e. The van der Waals surface area contributed by atoms with Crippen molar-refractivity contribution in [3.8, 4) is 0 Å². The van der Waals surface area contributed by atoms with Crippen LogP contribution >= 0.6 is 15.9 Å². The Bertz CT molecular complexity index is 367. The third kappa shape index (κ3) is 3.83. The van der Waals surface area contributed by atoms with Gasteiger partial charge in [-0.3, -0.25) is 0 Å². The van der Waals surface area contributed by atoms with E-state index < -0.39 is 9.04 Å². The fraction of sp³-hybridized carbons (Fsp3) is 0.538. The molecule has 0 fully saturated rings. The monoisotopic (exact) mass is 314 g/mol. The molecule has 0 heterocycles. The number of nitrogens with two attached hydrogens (primary N) is 1. The molecule has 0 amide bonds. The molecular formula is C13H21BrNOSi. The molecule has 0 saturated carbocycles. The summed E-state index contributed by atoms with van der Waals surface area (Å²) in [7, 11) is -0.772. The quantitative estimate of drug-likeness (QED) is 0.663. The molecule has 1 radical (unpaired) electrons. The Labute approximate surface area is 114 Å². The molecule has 17 heavy (non-hydrogen) atoms. The van der Waals surface area contributed by atoms with Crippen molar-refractivity contribution in [2.75, 3.05) is 5.73 Å². The number of halogens is 1. The summed E-state index contributed by atoms with van der Waals surface area (Å²) in [4.78, 5) is 0. The molecule has 1 unspecified atom stereocenters. The van der Waals surface area contributed by atoms with Gasteiger partial charge in [0.2, 0.25) is 9.04 Å². The molecule has 0 aromatic heterocycles. The highest BCUT2D eigenvalue weighted by Gasteiger charge is 2.31. The summed E-state index contributed by atoms with van der Waals surface area (Å²) in [6.07, 6.45) is 0.0296. The highest BCUT2D eigenvalue weighted by Crippen LogP contribution is 2.42. The standard InChI is InChI=1S/C13H21BrNOSi/c1-13(2,3)12(16-17(4)5)11-9(14)7-6-8-10(11)15/h6-8,12H,15H2,1-5H3. The van der Waals surface area contributed by atoms with E-state index in [1.165, 1.54) is 0 Å². The lowest BCUT2D eigenvalue weighted by Crippen LogP contribution is -2.27. The second-order valence-electron chi connectivity index (χ2n) is 5.51. The van der Waals surface area contributed by atoms with E-state index in [1.54, 1.807) is 0 Å². The molecule has 4 heteroatoms. The van der Waals surface area contributed by atoms with Crippen LogP contribution in [0, 0.1) is 5.41 Å². The summed E-state index contributed by atoms with van der Waals surface area (Å²) >= 11 is 3.58. The SMILES string of the molecule is C[Si](C)OC(c1c(N)cccc1Br)C(C)(C)C. The summed E-state index contributed by atoms with van der Waals surface area (Å²) < 4.78 is 7.18. The van der Waals surface area contributed by atoms with Crippen molar-refractivity contribution in [2.24, 2.45) is 5.41 Å². The molecule has 0 saturated heterocycles. The lowest BCUT2D eigenvalue weighted by Gasteiger charge is -2.34. The van der Waals surface area contributed by atoms with Crippen LogP contribution in [-0.4, -0.2) is 9.04 Å². The first-order valence-electron chi connectivity index (χ1n) is 5.74. The number of anilines is 1. The Morgan fingerprint density at radius 1 is 1.29 bits per heavy atom. The van der Waals surface area contributed by atoms with Gasteiger partial charge in [0, 0.05) is 15.7 Å². The molecule has 0 aliphatic rings. The predicted octanol–water partition coefficient (Wildman–Crippen LogP) is 4.39. The van der Waals surface area contributed by atoms with Crippen molar-refractivity contribution >= 4 is 30.7 Å². The Balaban J connectivity index is 3.22. The average Bonchev–Trinajstić information content (AvgIpc) is 2.13. The lowest BCUT2D eigenvalue weighted by molar-refractivity contribution is 0.0866. The minimum atomic E-state index is -0.772. The zero-order valence-corrected chi connectivity index (χ0v) is 13.8. The van der Waals surface area contributed by atoms with Crippen LogP contribution in [0.3, 0.4) is 0 Å². The summed E-state index contributed by atoms with van der Waals surface area (Å²) in [5, 5.41) is 0. The molecule has 2 N–H and O–H groups in total. The Kier molecular flexibility index (Phi) is 4.81. The summed E-state index contributed by atoms with van der Waals surface area (Å²) in [5.41, 5.74) is 7.99. The topological polar surface area (TPSA) is 35.2 Å². The molecule has 1 rings (SSSR count). The van der Waals surface area contributed by atoms with E-state index in [-0.39, 0.29) is 11.5 Å². The fourth-order valence-electron chi connectivity index (χ4n) is 1.73. The molecule has 0 bridgehead atoms. The van der Waals surface area contributed by atoms with Gasteiger partial charge < -0.3 is 10.2 Å². The number of hydrogen-bond donors (Lipinski definition) is 1. The van der Waals surface area contributed by atoms with E-state index >= 15 is 0 Å². The molecular weight excluding hydrogens is 294 g/mol. The summed E-state index contributed by atoms with van der Waals surface area (Å²) in [5.74, 6) is 0. The maximum atomic E-state index is 6.15. The zero-order chi connectivity index (χ0) is 13.2. The third-order valence-corrected chi connectivity index (χ3v) is 3.89. The third-order valence-electron chi connectivity index (χ3n) is 2.49. The maximum absolute atomic E-state index is 6.15. The highest BCUT2D eigenvalue weighted by molar-refractivity contribution is 9.10. The number of nitrogen functional groups attached to an aromatic ring is 1. The molecule has 1 aromatic rings. The number of benzene rings is 1. The molecule has 2 nitrogen and oxygen atoms in total. The first-order chi connectivity index (χ1) is 7.73. The van der Waals surface area contributed by atoms with Crippen LogP contribution in [0.25, 0.3) is 0 Å². The van der Waals surface area contributed by atoms with Crippen molar-refractivity contribution < 1.29 is 4.43 Å². The number of rotatable bonds is 3. The minimum absolute atomic E-state index is 0.0277. The van der Waals surface area contributed by atoms with Crippen LogP contribution < -0.4 is 5.73 Å². The Morgan fingerprint density at radius 3 is 2.29 bits per heavy atom. The molecule has 0 spiro atoms. The average molecular weight is 315 g/mol. The second kappa shape index (κ2) is 5.55. The van der Waals surface area contributed by atoms with Crippen molar-refractivity contribution in [1.82, 2.24) is 0 Å². The van der Waals surface area contributed by atoms with Gasteiger partial charge in [-0.15, -0.1) is 0 Å². The summed E-state index contributed by atoms with van der Waals surface area (Å²) in [6.45, 7) is 10.8. The van der Waals surface area contributed by atoms with Gasteiger partial charge in [-0.1, -0.05) is 42.8 Å². The van der Waals surface area contributed by atoms with Crippen molar-refractivity contribution in [1.29, 1.82) is 0 Å². The zero-order valence-electron chi connectivity index (χ0n) is 11.2. The van der Waals surface area contributed by atoms with E-state index in [0.29, 0.717) is 0 Å². The van der Waals surface area contributed by atoms with E-state index in [0.717, 1.165) is 15.7 Å². The van der Waals surface area contributed by atoms with E-state index in [9.17, 15) is 0 Å². The van der Waals surface area contributed by atoms with Crippen molar-refractivity contribution in [3.05, 3.63) is 28.2 Å². The first-order valence-corrected chi connectivity index (χ1v) is 8.94. The predicted molar refractivity (Wildman–Crippen MR) is 79.3 cm³/mol. The Morgan fingerprint density at radius 2 is 1.88 bits per heavy atom. The van der Waals surface area contributed by atoms with Crippen LogP contribution in [0.15, 0.2) is 22.7 Å². The lowest BCUT2D eigenvalue weighted by atomic mass is 9.84. The van der Waals surface area contributed by atoms with Gasteiger partial charge in [0.15, 0.2) is 0 Å². The molecule has 0 aliphatic heterocycles. The summed E-state index contributed by atoms with van der Waals surface area (Å²) in [6, 6.07) is 5.90. The first kappa shape index (κ1) is 14.7. The molecule has 95 valence electrons. The van der Waals surface area contributed by atoms with Crippen molar-refractivity contribution in [2.45, 2.75) is 40.0 Å². The Hall–Kier alpha value is -0.323. The van der Waals surface area contributed by atoms with E-state index in [2.05, 4.69) is 49.8 Å². The van der Waals surface area contributed by atoms with Gasteiger partial charge in [-0.2, -0.15) is 0 Å². The van der Waals surface area contributed by atoms with Gasteiger partial charge in [-0.25, -0.2) is 0 Å². The van der Waals surface area contributed by atoms with Crippen molar-refractivity contribution in [3.63, 3.8) is 0 Å². The second-order valence-corrected chi connectivity index (χ2v) is 8.42. The normalized spacial score (nSPS) is 14.1. The van der Waals surface area contributed by atoms with Crippen LogP contribution in [0.5, 0.6) is 0 Å². The van der Waals surface area contributed by atoms with E-state index in [1.807, 2.05) is 18.2 Å². The largest absolute Gasteiger partial charge is 0.410 e. The van der Waals surface area contributed by atoms with Gasteiger partial charge in [0.1, 0.15) is 0 Å². The highest BCUT2D eigenvalue weighted by atomic mass is 79.9. The molecule has 0 aliphatic carbocycles. The van der Waals surface area contributed by atoms with E-state index in [4.69, 9.17) is 10.2 Å².